The minimum Gasteiger partial charge on any atom is -0.861 e. The third-order valence-corrected chi connectivity index (χ3v) is 7.13. The molecule has 1 N–H and O–H groups in total. The molecule has 0 bridgehead atoms. The fourth-order valence-electron chi connectivity index (χ4n) is 5.19. The van der Waals surface area contributed by atoms with Gasteiger partial charge in [-0.15, -0.1) is 0 Å². The molecule has 0 unspecified atom stereocenters. The van der Waals surface area contributed by atoms with E-state index in [-0.39, 0.29) is 42.0 Å². The van der Waals surface area contributed by atoms with E-state index in [1.807, 2.05) is 30.3 Å². The number of hydrogen-bond acceptors (Lipinski definition) is 8. The van der Waals surface area contributed by atoms with Gasteiger partial charge in [-0.25, -0.2) is 0 Å². The van der Waals surface area contributed by atoms with Crippen LogP contribution in [0.4, 0.5) is 5.69 Å². The average Bonchev–Trinajstić information content (AvgIpc) is 2.98. The first kappa shape index (κ1) is 32.0. The Labute approximate surface area is 251 Å². The molecule has 8 nitrogen and oxygen atoms in total. The molecule has 9 heteroatoms. The van der Waals surface area contributed by atoms with Crippen molar-refractivity contribution < 1.29 is 41.3 Å². The number of nitrogens with zero attached hydrogens (tertiary/aromatic N) is 3. The van der Waals surface area contributed by atoms with Crippen molar-refractivity contribution in [3.63, 3.8) is 0 Å². The maximum Gasteiger partial charge on any atom is 2.00 e. The molecule has 1 fully saturated rings. The standard InChI is InChI=1S/C32H37N3O5.Ni/c1-40-28-17-9-7-14-24(28)25(18-21-36)31(32(38)39)34-30(23-12-4-2-5-13-23)26-15-6-8-16-27(26)33-29(37)22-35-19-10-3-11-20-35;/h2,4-9,12-17,25,31,36H,3,10-11,18-22H2,1H3,(H,33,37)(H,38,39);/q;+2/p-2/t25-,31+;/m0./s1. The number of piperidine rings is 1. The van der Waals surface area contributed by atoms with Gasteiger partial charge in [0.2, 0.25) is 0 Å². The van der Waals surface area contributed by atoms with Gasteiger partial charge in [-0.05, 0) is 55.9 Å². The first-order chi connectivity index (χ1) is 19.5. The fourth-order valence-corrected chi connectivity index (χ4v) is 5.19. The Bertz CT molecular complexity index is 1330. The zero-order valence-electron chi connectivity index (χ0n) is 23.1. The van der Waals surface area contributed by atoms with E-state index in [1.54, 1.807) is 48.5 Å². The SMILES string of the molecule is COc1ccccc1[C@H](CCO)[C@@H](N=C(c1ccccc1)c1ccccc1N=C([O-])CN1CCCCC1)C(=O)[O-].[Ni+2]. The summed E-state index contributed by atoms with van der Waals surface area (Å²) in [6.45, 7) is 1.74. The summed E-state index contributed by atoms with van der Waals surface area (Å²) >= 11 is 0. The molecule has 1 aliphatic rings. The van der Waals surface area contributed by atoms with E-state index in [0.717, 1.165) is 25.9 Å². The summed E-state index contributed by atoms with van der Waals surface area (Å²) in [5, 5.41) is 35.5. The Morgan fingerprint density at radius 2 is 1.61 bits per heavy atom. The maximum absolute atomic E-state index is 13.0. The number of carboxylic acid groups (broad SMARTS) is 1. The quantitative estimate of drug-likeness (QED) is 0.194. The average molecular weight is 600 g/mol. The topological polar surface area (TPSA) is 121 Å². The number of methoxy groups -OCH3 is 1. The summed E-state index contributed by atoms with van der Waals surface area (Å²) < 4.78 is 5.50. The van der Waals surface area contributed by atoms with Crippen molar-refractivity contribution in [2.24, 2.45) is 9.98 Å². The molecule has 1 saturated heterocycles. The molecule has 3 aromatic rings. The van der Waals surface area contributed by atoms with Crippen LogP contribution in [0.5, 0.6) is 5.75 Å². The molecule has 0 aromatic heterocycles. The number of aliphatic carboxylic acids is 1. The number of aliphatic imine (C=N–C) groups is 2. The predicted molar refractivity (Wildman–Crippen MR) is 152 cm³/mol. The summed E-state index contributed by atoms with van der Waals surface area (Å²) in [5.74, 6) is -1.86. The molecule has 3 aromatic carbocycles. The van der Waals surface area contributed by atoms with Gasteiger partial charge in [0, 0.05) is 30.2 Å². The Hall–Kier alpha value is -3.52. The van der Waals surface area contributed by atoms with Crippen molar-refractivity contribution in [2.75, 3.05) is 33.4 Å². The van der Waals surface area contributed by atoms with Gasteiger partial charge in [0.1, 0.15) is 5.75 Å². The number of aliphatic hydroxyl groups is 1. The van der Waals surface area contributed by atoms with Crippen LogP contribution in [0.3, 0.4) is 0 Å². The van der Waals surface area contributed by atoms with Gasteiger partial charge in [0.05, 0.1) is 30.5 Å². The van der Waals surface area contributed by atoms with Gasteiger partial charge >= 0.3 is 16.5 Å². The minimum absolute atomic E-state index is 0. The van der Waals surface area contributed by atoms with E-state index in [2.05, 4.69) is 9.89 Å². The third-order valence-electron chi connectivity index (χ3n) is 7.13. The van der Waals surface area contributed by atoms with Crippen molar-refractivity contribution >= 4 is 23.3 Å². The van der Waals surface area contributed by atoms with Crippen molar-refractivity contribution in [3.05, 3.63) is 95.6 Å². The van der Waals surface area contributed by atoms with Crippen molar-refractivity contribution in [1.82, 2.24) is 4.90 Å². The molecule has 0 aliphatic carbocycles. The van der Waals surface area contributed by atoms with Gasteiger partial charge in [0.25, 0.3) is 0 Å². The number of ether oxygens (including phenoxy) is 1. The van der Waals surface area contributed by atoms with E-state index in [4.69, 9.17) is 9.73 Å². The molecule has 218 valence electrons. The van der Waals surface area contributed by atoms with Crippen LogP contribution in [0.1, 0.15) is 48.3 Å². The normalized spacial score (nSPS) is 16.0. The van der Waals surface area contributed by atoms with Crippen LogP contribution < -0.4 is 14.9 Å². The molecular formula is C32H35N3NiO5. The van der Waals surface area contributed by atoms with E-state index in [1.165, 1.54) is 13.5 Å². The molecule has 0 amide bonds. The molecule has 0 saturated carbocycles. The summed E-state index contributed by atoms with van der Waals surface area (Å²) in [7, 11) is 1.51. The number of para-hydroxylation sites is 2. The van der Waals surface area contributed by atoms with Gasteiger partial charge < -0.3 is 24.9 Å². The summed E-state index contributed by atoms with van der Waals surface area (Å²) in [5.41, 5.74) is 2.61. The zero-order chi connectivity index (χ0) is 28.3. The van der Waals surface area contributed by atoms with Crippen LogP contribution in [-0.4, -0.2) is 67.0 Å². The Kier molecular flexibility index (Phi) is 12.5. The van der Waals surface area contributed by atoms with Crippen LogP contribution >= 0.6 is 0 Å². The second kappa shape index (κ2) is 16.1. The number of benzene rings is 3. The van der Waals surface area contributed by atoms with Crippen LogP contribution in [0.15, 0.2) is 88.8 Å². The number of rotatable bonds is 12. The first-order valence-corrected chi connectivity index (χ1v) is 13.7. The summed E-state index contributed by atoms with van der Waals surface area (Å²) in [6.07, 6.45) is 3.44. The van der Waals surface area contributed by atoms with Crippen LogP contribution in [0, 0.1) is 0 Å². The molecule has 4 rings (SSSR count). The zero-order valence-corrected chi connectivity index (χ0v) is 24.0. The van der Waals surface area contributed by atoms with Gasteiger partial charge in [-0.2, -0.15) is 0 Å². The van der Waals surface area contributed by atoms with E-state index >= 15 is 0 Å². The van der Waals surface area contributed by atoms with Crippen LogP contribution in [0.25, 0.3) is 0 Å². The Morgan fingerprint density at radius 1 is 0.951 bits per heavy atom. The third kappa shape index (κ3) is 8.49. The second-order valence-corrected chi connectivity index (χ2v) is 9.83. The number of hydrogen-bond donors (Lipinski definition) is 1. The van der Waals surface area contributed by atoms with Crippen LogP contribution in [0.2, 0.25) is 0 Å². The summed E-state index contributed by atoms with van der Waals surface area (Å²) in [6, 6.07) is 22.1. The monoisotopic (exact) mass is 599 g/mol. The smallest absolute Gasteiger partial charge is 0.861 e. The van der Waals surface area contributed by atoms with Crippen LogP contribution in [-0.2, 0) is 21.3 Å². The summed E-state index contributed by atoms with van der Waals surface area (Å²) in [4.78, 5) is 24.0. The van der Waals surface area contributed by atoms with Crippen molar-refractivity contribution in [1.29, 1.82) is 0 Å². The predicted octanol–water partition coefficient (Wildman–Crippen LogP) is 2.69. The number of carbonyl (C=O) groups is 1. The van der Waals surface area contributed by atoms with E-state index < -0.39 is 17.9 Å². The van der Waals surface area contributed by atoms with Crippen molar-refractivity contribution in [3.8, 4) is 5.75 Å². The second-order valence-electron chi connectivity index (χ2n) is 9.83. The molecule has 41 heavy (non-hydrogen) atoms. The number of likely N-dealkylation sites (tertiary alicyclic amines) is 1. The maximum atomic E-state index is 13.0. The molecule has 2 atom stereocenters. The van der Waals surface area contributed by atoms with Gasteiger partial charge in [0.15, 0.2) is 0 Å². The van der Waals surface area contributed by atoms with E-state index in [0.29, 0.717) is 33.8 Å². The largest absolute Gasteiger partial charge is 2.00 e. The Morgan fingerprint density at radius 3 is 2.29 bits per heavy atom. The van der Waals surface area contributed by atoms with Gasteiger partial charge in [-0.3, -0.25) is 14.9 Å². The van der Waals surface area contributed by atoms with Crippen molar-refractivity contribution in [2.45, 2.75) is 37.6 Å². The fraction of sp³-hybridized carbons (Fsp3) is 0.344. The molecular weight excluding hydrogens is 565 g/mol. The minimum atomic E-state index is -1.38. The molecule has 1 aliphatic heterocycles. The molecule has 1 heterocycles. The number of aliphatic hydroxyl groups excluding tert-OH is 1. The number of carboxylic acids is 1. The molecule has 0 spiro atoms. The first-order valence-electron chi connectivity index (χ1n) is 13.7. The van der Waals surface area contributed by atoms with Gasteiger partial charge in [-0.1, -0.05) is 73.2 Å². The molecule has 0 radical (unpaired) electrons. The Balaban J connectivity index is 0.00000462. The van der Waals surface area contributed by atoms with E-state index in [9.17, 15) is 20.1 Å². The number of carbonyl (C=O) groups excluding carboxylic acids is 1.